The predicted octanol–water partition coefficient (Wildman–Crippen LogP) is 3.32. The van der Waals surface area contributed by atoms with Crippen LogP contribution in [0.5, 0.6) is 0 Å². The first-order valence-corrected chi connectivity index (χ1v) is 10.5. The lowest BCUT2D eigenvalue weighted by molar-refractivity contribution is -0.125. The van der Waals surface area contributed by atoms with Crippen LogP contribution in [0.4, 0.5) is 5.69 Å². The normalized spacial score (nSPS) is 21.2. The van der Waals surface area contributed by atoms with E-state index < -0.39 is 15.3 Å². The van der Waals surface area contributed by atoms with Crippen molar-refractivity contribution in [3.8, 4) is 0 Å². The standard InChI is InChI=1S/C16H23Cl2N3O3S/c1-10(2)25(23,24)21-12-5-3-11(4-6-12)16(22)20-19-13-7-8-14(17)15(18)9-13/h7-12,19,21H,3-6H2,1-2H3,(H,20,22). The van der Waals surface area contributed by atoms with E-state index in [1.165, 1.54) is 0 Å². The summed E-state index contributed by atoms with van der Waals surface area (Å²) in [7, 11) is -3.28. The SMILES string of the molecule is CC(C)S(=O)(=O)NC1CCC(C(=O)NNc2ccc(Cl)c(Cl)c2)CC1. The molecule has 0 saturated heterocycles. The zero-order chi connectivity index (χ0) is 18.6. The topological polar surface area (TPSA) is 87.3 Å². The van der Waals surface area contributed by atoms with Gasteiger partial charge in [-0.2, -0.15) is 0 Å². The van der Waals surface area contributed by atoms with Gasteiger partial charge in [0.05, 0.1) is 21.0 Å². The molecule has 0 bridgehead atoms. The van der Waals surface area contributed by atoms with Crippen molar-refractivity contribution < 1.29 is 13.2 Å². The molecule has 1 aromatic carbocycles. The minimum absolute atomic E-state index is 0.0977. The molecular formula is C16H23Cl2N3O3S. The van der Waals surface area contributed by atoms with E-state index in [1.807, 2.05) is 0 Å². The molecular weight excluding hydrogens is 385 g/mol. The van der Waals surface area contributed by atoms with Crippen LogP contribution in [-0.4, -0.2) is 25.6 Å². The molecule has 6 nitrogen and oxygen atoms in total. The van der Waals surface area contributed by atoms with Crippen molar-refractivity contribution in [1.29, 1.82) is 0 Å². The number of carbonyl (C=O) groups excluding carboxylic acids is 1. The van der Waals surface area contributed by atoms with Crippen molar-refractivity contribution >= 4 is 44.8 Å². The lowest BCUT2D eigenvalue weighted by atomic mass is 9.86. The van der Waals surface area contributed by atoms with Crippen molar-refractivity contribution in [1.82, 2.24) is 10.1 Å². The van der Waals surface area contributed by atoms with E-state index in [4.69, 9.17) is 23.2 Å². The number of nitrogens with one attached hydrogen (secondary N) is 3. The maximum Gasteiger partial charge on any atom is 0.241 e. The summed E-state index contributed by atoms with van der Waals surface area (Å²) in [5.41, 5.74) is 6.13. The third-order valence-electron chi connectivity index (χ3n) is 4.30. The van der Waals surface area contributed by atoms with Gasteiger partial charge in [-0.1, -0.05) is 23.2 Å². The second-order valence-corrected chi connectivity index (χ2v) is 9.59. The van der Waals surface area contributed by atoms with E-state index in [1.54, 1.807) is 32.0 Å². The monoisotopic (exact) mass is 407 g/mol. The number of sulfonamides is 1. The van der Waals surface area contributed by atoms with Crippen LogP contribution in [0.25, 0.3) is 0 Å². The molecule has 9 heteroatoms. The van der Waals surface area contributed by atoms with Crippen LogP contribution in [0.3, 0.4) is 0 Å². The van der Waals surface area contributed by atoms with Crippen LogP contribution in [-0.2, 0) is 14.8 Å². The Labute approximate surface area is 158 Å². The van der Waals surface area contributed by atoms with Gasteiger partial charge in [0, 0.05) is 12.0 Å². The number of carbonyl (C=O) groups is 1. The summed E-state index contributed by atoms with van der Waals surface area (Å²) < 4.78 is 26.5. The predicted molar refractivity (Wildman–Crippen MR) is 101 cm³/mol. The summed E-state index contributed by atoms with van der Waals surface area (Å²) in [6.45, 7) is 3.30. The second-order valence-electron chi connectivity index (χ2n) is 6.50. The molecule has 0 atom stereocenters. The van der Waals surface area contributed by atoms with Crippen LogP contribution >= 0.6 is 23.2 Å². The van der Waals surface area contributed by atoms with Gasteiger partial charge < -0.3 is 0 Å². The van der Waals surface area contributed by atoms with Crippen molar-refractivity contribution in [2.45, 2.75) is 50.8 Å². The fourth-order valence-corrected chi connectivity index (χ4v) is 3.92. The van der Waals surface area contributed by atoms with Crippen LogP contribution in [0, 0.1) is 5.92 Å². The van der Waals surface area contributed by atoms with Gasteiger partial charge in [0.15, 0.2) is 0 Å². The molecule has 1 aliphatic rings. The van der Waals surface area contributed by atoms with Gasteiger partial charge >= 0.3 is 0 Å². The van der Waals surface area contributed by atoms with Crippen molar-refractivity contribution in [3.05, 3.63) is 28.2 Å². The first-order valence-electron chi connectivity index (χ1n) is 8.21. The number of rotatable bonds is 6. The molecule has 25 heavy (non-hydrogen) atoms. The Morgan fingerprint density at radius 2 is 1.76 bits per heavy atom. The molecule has 0 aliphatic heterocycles. The van der Waals surface area contributed by atoms with E-state index in [-0.39, 0.29) is 17.9 Å². The molecule has 1 amide bonds. The molecule has 0 heterocycles. The van der Waals surface area contributed by atoms with Gasteiger partial charge in [-0.3, -0.25) is 15.6 Å². The average Bonchev–Trinajstić information content (AvgIpc) is 2.56. The number of halogens is 2. The lowest BCUT2D eigenvalue weighted by Gasteiger charge is -2.28. The van der Waals surface area contributed by atoms with E-state index in [2.05, 4.69) is 15.6 Å². The van der Waals surface area contributed by atoms with Gasteiger partial charge in [-0.05, 0) is 57.7 Å². The maximum atomic E-state index is 12.3. The number of hydrogen-bond donors (Lipinski definition) is 3. The molecule has 1 aromatic rings. The summed E-state index contributed by atoms with van der Waals surface area (Å²) in [5.74, 6) is -0.258. The van der Waals surface area contributed by atoms with Crippen molar-refractivity contribution in [2.75, 3.05) is 5.43 Å². The van der Waals surface area contributed by atoms with E-state index >= 15 is 0 Å². The number of hydrazine groups is 1. The molecule has 1 aliphatic carbocycles. The molecule has 1 fully saturated rings. The van der Waals surface area contributed by atoms with Crippen LogP contribution in [0.15, 0.2) is 18.2 Å². The molecule has 0 unspecified atom stereocenters. The Morgan fingerprint density at radius 3 is 2.32 bits per heavy atom. The molecule has 0 spiro atoms. The summed E-state index contributed by atoms with van der Waals surface area (Å²) in [6, 6.07) is 4.89. The lowest BCUT2D eigenvalue weighted by Crippen LogP contribution is -2.43. The smallest absolute Gasteiger partial charge is 0.241 e. The summed E-state index contributed by atoms with van der Waals surface area (Å²) in [6.07, 6.45) is 2.58. The van der Waals surface area contributed by atoms with E-state index in [9.17, 15) is 13.2 Å². The van der Waals surface area contributed by atoms with Crippen molar-refractivity contribution in [2.24, 2.45) is 5.92 Å². The molecule has 2 rings (SSSR count). The Hall–Kier alpha value is -1.02. The molecule has 1 saturated carbocycles. The number of benzene rings is 1. The van der Waals surface area contributed by atoms with E-state index in [0.29, 0.717) is 41.4 Å². The first kappa shape index (κ1) is 20.3. The van der Waals surface area contributed by atoms with Gasteiger partial charge in [0.25, 0.3) is 0 Å². The molecule has 0 radical (unpaired) electrons. The van der Waals surface area contributed by atoms with Gasteiger partial charge in [0.2, 0.25) is 15.9 Å². The zero-order valence-corrected chi connectivity index (χ0v) is 16.5. The van der Waals surface area contributed by atoms with Crippen molar-refractivity contribution in [3.63, 3.8) is 0 Å². The number of amides is 1. The van der Waals surface area contributed by atoms with Gasteiger partial charge in [-0.15, -0.1) is 0 Å². The van der Waals surface area contributed by atoms with Crippen LogP contribution < -0.4 is 15.6 Å². The molecule has 3 N–H and O–H groups in total. The first-order chi connectivity index (χ1) is 11.7. The Kier molecular flexibility index (Phi) is 6.96. The molecule has 140 valence electrons. The fraction of sp³-hybridized carbons (Fsp3) is 0.562. The Balaban J connectivity index is 1.80. The average molecular weight is 408 g/mol. The molecule has 0 aromatic heterocycles. The third kappa shape index (κ3) is 5.74. The Bertz CT molecular complexity index is 717. The quantitative estimate of drug-likeness (QED) is 0.631. The highest BCUT2D eigenvalue weighted by molar-refractivity contribution is 7.90. The van der Waals surface area contributed by atoms with Crippen LogP contribution in [0.2, 0.25) is 10.0 Å². The minimum Gasteiger partial charge on any atom is -0.299 e. The van der Waals surface area contributed by atoms with Crippen LogP contribution in [0.1, 0.15) is 39.5 Å². The fourth-order valence-electron chi connectivity index (χ4n) is 2.65. The maximum absolute atomic E-state index is 12.3. The summed E-state index contributed by atoms with van der Waals surface area (Å²) in [4.78, 5) is 12.3. The number of anilines is 1. The highest BCUT2D eigenvalue weighted by atomic mass is 35.5. The minimum atomic E-state index is -3.28. The third-order valence-corrected chi connectivity index (χ3v) is 6.94. The highest BCUT2D eigenvalue weighted by Gasteiger charge is 2.29. The zero-order valence-electron chi connectivity index (χ0n) is 14.2. The Morgan fingerprint density at radius 1 is 1.12 bits per heavy atom. The second kappa shape index (κ2) is 8.58. The summed E-state index contributed by atoms with van der Waals surface area (Å²) >= 11 is 11.8. The van der Waals surface area contributed by atoms with Gasteiger partial charge in [0.1, 0.15) is 0 Å². The number of hydrogen-bond acceptors (Lipinski definition) is 4. The highest BCUT2D eigenvalue weighted by Crippen LogP contribution is 2.26. The summed E-state index contributed by atoms with van der Waals surface area (Å²) in [5, 5.41) is 0.392. The largest absolute Gasteiger partial charge is 0.299 e. The van der Waals surface area contributed by atoms with E-state index in [0.717, 1.165) is 0 Å². The van der Waals surface area contributed by atoms with Gasteiger partial charge in [-0.25, -0.2) is 13.1 Å².